The molecule has 1 N–H and O–H groups in total. The molecule has 3 heterocycles. The Hall–Kier alpha value is -2.46. The summed E-state index contributed by atoms with van der Waals surface area (Å²) in [6.07, 6.45) is 0.822. The number of nitrogens with zero attached hydrogens (tertiary/aromatic N) is 5. The van der Waals surface area contributed by atoms with Gasteiger partial charge in [0.25, 0.3) is 5.56 Å². The molecule has 2 aliphatic carbocycles. The van der Waals surface area contributed by atoms with Gasteiger partial charge in [-0.15, -0.1) is 0 Å². The molecule has 158 valence electrons. The van der Waals surface area contributed by atoms with Crippen molar-refractivity contribution in [3.05, 3.63) is 50.9 Å². The van der Waals surface area contributed by atoms with E-state index in [-0.39, 0.29) is 39.8 Å². The molecule has 7 nitrogen and oxygen atoms in total. The number of aryl methyl sites for hydroxylation is 1. The molecule has 0 aliphatic heterocycles. The first kappa shape index (κ1) is 19.5. The first-order valence-corrected chi connectivity index (χ1v) is 9.90. The lowest BCUT2D eigenvalue weighted by Gasteiger charge is -2.29. The highest BCUT2D eigenvalue weighted by molar-refractivity contribution is 6.31. The highest BCUT2D eigenvalue weighted by atomic mass is 35.5. The number of hydrogen-bond donors (Lipinski definition) is 1. The third-order valence-electron chi connectivity index (χ3n) is 5.79. The highest BCUT2D eigenvalue weighted by Crippen LogP contribution is 2.51. The molecule has 0 spiro atoms. The number of pyridine rings is 1. The summed E-state index contributed by atoms with van der Waals surface area (Å²) in [6, 6.07) is 1.19. The molecule has 3 aromatic rings. The summed E-state index contributed by atoms with van der Waals surface area (Å²) < 4.78 is 42.1. The van der Waals surface area contributed by atoms with E-state index in [9.17, 15) is 23.1 Å². The van der Waals surface area contributed by atoms with Crippen LogP contribution in [0.4, 0.5) is 13.2 Å². The topological polar surface area (TPSA) is 85.8 Å². The van der Waals surface area contributed by atoms with Crippen LogP contribution in [0.3, 0.4) is 0 Å². The fourth-order valence-electron chi connectivity index (χ4n) is 4.04. The largest absolute Gasteiger partial charge is 0.434 e. The van der Waals surface area contributed by atoms with Gasteiger partial charge in [0.05, 0.1) is 11.3 Å². The van der Waals surface area contributed by atoms with Crippen LogP contribution in [-0.2, 0) is 18.8 Å². The molecule has 2 aliphatic rings. The van der Waals surface area contributed by atoms with E-state index in [0.717, 1.165) is 25.1 Å². The third-order valence-corrected chi connectivity index (χ3v) is 6.08. The molecule has 5 rings (SSSR count). The summed E-state index contributed by atoms with van der Waals surface area (Å²) in [6.45, 7) is 0. The summed E-state index contributed by atoms with van der Waals surface area (Å²) >= 11 is 5.87. The molecule has 0 aromatic carbocycles. The molecule has 0 radical (unpaired) electrons. The zero-order valence-corrected chi connectivity index (χ0v) is 16.6. The first-order chi connectivity index (χ1) is 14.1. The molecule has 0 bridgehead atoms. The zero-order chi connectivity index (χ0) is 21.4. The predicted molar refractivity (Wildman–Crippen MR) is 101 cm³/mol. The van der Waals surface area contributed by atoms with Crippen molar-refractivity contribution in [3.8, 4) is 0 Å². The highest BCUT2D eigenvalue weighted by Gasteiger charge is 2.51. The van der Waals surface area contributed by atoms with Gasteiger partial charge in [0.2, 0.25) is 0 Å². The van der Waals surface area contributed by atoms with Gasteiger partial charge in [-0.1, -0.05) is 11.6 Å². The van der Waals surface area contributed by atoms with Crippen molar-refractivity contribution in [1.82, 2.24) is 24.3 Å². The standard InChI is InChI=1S/C19H17ClF3N5O2/c1-27-16(13-14(26-27)17(29)28(8-25-13)11-4-5-11)18(30,9-2-3-9)10-6-12(20)15(24-7-10)19(21,22)23/h6-9,11,30H,2-5H2,1H3/t18-/m0/s1. The van der Waals surface area contributed by atoms with Crippen LogP contribution in [0.15, 0.2) is 23.4 Å². The van der Waals surface area contributed by atoms with E-state index in [2.05, 4.69) is 15.1 Å². The smallest absolute Gasteiger partial charge is 0.378 e. The second-order valence-corrected chi connectivity index (χ2v) is 8.36. The Morgan fingerprint density at radius 3 is 2.43 bits per heavy atom. The molecule has 1 atom stereocenters. The van der Waals surface area contributed by atoms with Crippen LogP contribution in [0, 0.1) is 5.92 Å². The number of hydrogen-bond acceptors (Lipinski definition) is 5. The number of rotatable bonds is 4. The Labute approximate surface area is 173 Å². The van der Waals surface area contributed by atoms with Crippen LogP contribution in [0.2, 0.25) is 5.02 Å². The SMILES string of the molecule is Cn1nc2c(=O)n(C3CC3)cnc2c1[C@@](O)(c1cnc(C(F)(F)F)c(Cl)c1)C1CC1. The Kier molecular flexibility index (Phi) is 4.08. The predicted octanol–water partition coefficient (Wildman–Crippen LogP) is 3.18. The second-order valence-electron chi connectivity index (χ2n) is 7.95. The van der Waals surface area contributed by atoms with Crippen molar-refractivity contribution in [2.75, 3.05) is 0 Å². The zero-order valence-electron chi connectivity index (χ0n) is 15.8. The van der Waals surface area contributed by atoms with Gasteiger partial charge < -0.3 is 5.11 Å². The molecule has 0 saturated heterocycles. The molecule has 0 amide bonds. The minimum absolute atomic E-state index is 0.111. The van der Waals surface area contributed by atoms with Gasteiger partial charge in [-0.25, -0.2) is 9.97 Å². The summed E-state index contributed by atoms with van der Waals surface area (Å²) in [7, 11) is 1.57. The monoisotopic (exact) mass is 439 g/mol. The Morgan fingerprint density at radius 2 is 1.87 bits per heavy atom. The van der Waals surface area contributed by atoms with Gasteiger partial charge in [-0.3, -0.25) is 14.0 Å². The normalized spacial score (nSPS) is 19.3. The van der Waals surface area contributed by atoms with E-state index in [1.165, 1.54) is 15.6 Å². The number of aliphatic hydroxyl groups is 1. The van der Waals surface area contributed by atoms with Crippen molar-refractivity contribution in [1.29, 1.82) is 0 Å². The van der Waals surface area contributed by atoms with Crippen LogP contribution in [0.1, 0.15) is 48.7 Å². The van der Waals surface area contributed by atoms with Crippen LogP contribution < -0.4 is 5.56 Å². The van der Waals surface area contributed by atoms with Crippen molar-refractivity contribution in [2.24, 2.45) is 13.0 Å². The molecule has 2 saturated carbocycles. The maximum Gasteiger partial charge on any atom is 0.434 e. The molecule has 0 unspecified atom stereocenters. The van der Waals surface area contributed by atoms with E-state index in [1.807, 2.05) is 0 Å². The fraction of sp³-hybridized carbons (Fsp3) is 0.474. The minimum atomic E-state index is -4.71. The lowest BCUT2D eigenvalue weighted by Crippen LogP contribution is -2.33. The molecule has 2 fully saturated rings. The van der Waals surface area contributed by atoms with E-state index in [4.69, 9.17) is 11.6 Å². The third kappa shape index (κ3) is 2.84. The van der Waals surface area contributed by atoms with Crippen molar-refractivity contribution < 1.29 is 18.3 Å². The molecular weight excluding hydrogens is 423 g/mol. The van der Waals surface area contributed by atoms with Crippen molar-refractivity contribution >= 4 is 22.6 Å². The Bertz CT molecular complexity index is 1230. The van der Waals surface area contributed by atoms with Gasteiger partial charge in [0.1, 0.15) is 16.8 Å². The first-order valence-electron chi connectivity index (χ1n) is 9.52. The lowest BCUT2D eigenvalue weighted by atomic mass is 9.85. The molecular formula is C19H17ClF3N5O2. The molecule has 30 heavy (non-hydrogen) atoms. The average Bonchev–Trinajstić information content (AvgIpc) is 3.57. The van der Waals surface area contributed by atoms with E-state index >= 15 is 0 Å². The Morgan fingerprint density at radius 1 is 1.17 bits per heavy atom. The average molecular weight is 440 g/mol. The summed E-state index contributed by atoms with van der Waals surface area (Å²) in [4.78, 5) is 20.7. The maximum absolute atomic E-state index is 13.1. The van der Waals surface area contributed by atoms with E-state index in [1.54, 1.807) is 7.05 Å². The lowest BCUT2D eigenvalue weighted by molar-refractivity contribution is -0.141. The summed E-state index contributed by atoms with van der Waals surface area (Å²) in [5, 5.41) is 15.5. The van der Waals surface area contributed by atoms with Crippen molar-refractivity contribution in [3.63, 3.8) is 0 Å². The summed E-state index contributed by atoms with van der Waals surface area (Å²) in [5.41, 5.74) is -2.54. The molecule has 3 aromatic heterocycles. The van der Waals surface area contributed by atoms with E-state index < -0.39 is 22.5 Å². The molecule has 11 heteroatoms. The van der Waals surface area contributed by atoms with Gasteiger partial charge in [-0.05, 0) is 37.7 Å². The van der Waals surface area contributed by atoms with Crippen molar-refractivity contribution in [2.45, 2.75) is 43.5 Å². The maximum atomic E-state index is 13.1. The van der Waals surface area contributed by atoms with Gasteiger partial charge in [0.15, 0.2) is 11.2 Å². The quantitative estimate of drug-likeness (QED) is 0.674. The Balaban J connectivity index is 1.71. The van der Waals surface area contributed by atoms with Gasteiger partial charge in [0, 0.05) is 24.8 Å². The van der Waals surface area contributed by atoms with Gasteiger partial charge in [-0.2, -0.15) is 18.3 Å². The number of fused-ring (bicyclic) bond motifs is 1. The van der Waals surface area contributed by atoms with Crippen LogP contribution in [-0.4, -0.2) is 29.4 Å². The number of alkyl halides is 3. The summed E-state index contributed by atoms with van der Waals surface area (Å²) in [5.74, 6) is -0.279. The number of aromatic nitrogens is 5. The van der Waals surface area contributed by atoms with Crippen LogP contribution in [0.25, 0.3) is 11.0 Å². The fourth-order valence-corrected chi connectivity index (χ4v) is 4.31. The second kappa shape index (κ2) is 6.27. The van der Waals surface area contributed by atoms with Gasteiger partial charge >= 0.3 is 6.18 Å². The number of halogens is 4. The minimum Gasteiger partial charge on any atom is -0.378 e. The van der Waals surface area contributed by atoms with E-state index in [0.29, 0.717) is 12.8 Å². The van der Waals surface area contributed by atoms with Crippen LogP contribution in [0.5, 0.6) is 0 Å². The van der Waals surface area contributed by atoms with Crippen LogP contribution >= 0.6 is 11.6 Å².